The van der Waals surface area contributed by atoms with E-state index in [4.69, 9.17) is 0 Å². The number of hydrogen-bond acceptors (Lipinski definition) is 8. The third kappa shape index (κ3) is 7.81. The van der Waals surface area contributed by atoms with Crippen molar-refractivity contribution in [2.24, 2.45) is 5.92 Å². The molecule has 10 nitrogen and oxygen atoms in total. The predicted octanol–water partition coefficient (Wildman–Crippen LogP) is 3.20. The Labute approximate surface area is 229 Å². The Balaban J connectivity index is 1.50. The topological polar surface area (TPSA) is 149 Å². The molecule has 4 rings (SSSR count). The molecule has 0 spiro atoms. The van der Waals surface area contributed by atoms with Gasteiger partial charge in [-0.05, 0) is 42.7 Å². The summed E-state index contributed by atoms with van der Waals surface area (Å²) in [7, 11) is -4.69. The van der Waals surface area contributed by atoms with Crippen LogP contribution in [0.4, 0.5) is 32.2 Å². The molecule has 1 aliphatic rings. The quantitative estimate of drug-likeness (QED) is 0.191. The van der Waals surface area contributed by atoms with Gasteiger partial charge in [-0.3, -0.25) is 4.79 Å². The van der Waals surface area contributed by atoms with Crippen LogP contribution >= 0.6 is 0 Å². The van der Waals surface area contributed by atoms with E-state index in [1.165, 1.54) is 29.2 Å². The number of halogens is 6. The number of aliphatic hydroxyl groups is 1. The zero-order valence-electron chi connectivity index (χ0n) is 20.8. The molecule has 3 atom stereocenters. The van der Waals surface area contributed by atoms with Crippen molar-refractivity contribution in [3.05, 3.63) is 77.0 Å². The number of aromatic nitrogens is 3. The molecule has 1 fully saturated rings. The average Bonchev–Trinajstić information content (AvgIpc) is 3.47. The summed E-state index contributed by atoms with van der Waals surface area (Å²) in [6.07, 6.45) is -5.57. The first-order valence-corrected chi connectivity index (χ1v) is 13.3. The highest BCUT2D eigenvalue weighted by atomic mass is 32.2. The Morgan fingerprint density at radius 2 is 1.76 bits per heavy atom. The SMILES string of the molecule is O=C(c1ccn(Cc2cc(C(F)(F)F)cc(C(F)(F)F)c2)c1)c1cncnc1N[C@@H]1C[C@H](CNS(=O)(=O)[O-])[C@@H](O)C1. The summed E-state index contributed by atoms with van der Waals surface area (Å²) in [5.41, 5.74) is -3.12. The summed E-state index contributed by atoms with van der Waals surface area (Å²) in [6, 6.07) is 2.14. The molecule has 222 valence electrons. The molecule has 1 aromatic carbocycles. The summed E-state index contributed by atoms with van der Waals surface area (Å²) in [5.74, 6) is -1.08. The minimum atomic E-state index is -5.00. The molecule has 0 radical (unpaired) electrons. The van der Waals surface area contributed by atoms with E-state index < -0.39 is 57.6 Å². The third-order valence-corrected chi connectivity index (χ3v) is 7.02. The highest BCUT2D eigenvalue weighted by Crippen LogP contribution is 2.36. The number of hydrogen-bond donors (Lipinski definition) is 3. The number of rotatable bonds is 9. The van der Waals surface area contributed by atoms with Crippen LogP contribution in [0.5, 0.6) is 0 Å². The molecule has 0 amide bonds. The van der Waals surface area contributed by atoms with Crippen molar-refractivity contribution < 1.29 is 49.2 Å². The predicted molar refractivity (Wildman–Crippen MR) is 129 cm³/mol. The summed E-state index contributed by atoms with van der Waals surface area (Å²) in [6.45, 7) is -0.657. The number of benzene rings is 1. The Hall–Kier alpha value is -3.54. The summed E-state index contributed by atoms with van der Waals surface area (Å²) in [5, 5.41) is 13.2. The normalized spacial score (nSPS) is 19.9. The fourth-order valence-electron chi connectivity index (χ4n) is 4.60. The number of carbonyl (C=O) groups excluding carboxylic acids is 1. The van der Waals surface area contributed by atoms with Crippen LogP contribution in [0.2, 0.25) is 0 Å². The highest BCUT2D eigenvalue weighted by Gasteiger charge is 2.37. The van der Waals surface area contributed by atoms with Crippen LogP contribution in [0, 0.1) is 5.92 Å². The largest absolute Gasteiger partial charge is 0.735 e. The number of anilines is 1. The number of carbonyl (C=O) groups is 1. The van der Waals surface area contributed by atoms with E-state index >= 15 is 0 Å². The lowest BCUT2D eigenvalue weighted by molar-refractivity contribution is -0.143. The molecular weight excluding hydrogens is 584 g/mol. The van der Waals surface area contributed by atoms with Gasteiger partial charge in [0, 0.05) is 49.2 Å². The maximum atomic E-state index is 13.2. The second-order valence-corrected chi connectivity index (χ2v) is 10.7. The maximum Gasteiger partial charge on any atom is 0.416 e. The molecule has 0 bridgehead atoms. The van der Waals surface area contributed by atoms with Crippen LogP contribution in [-0.2, 0) is 29.2 Å². The van der Waals surface area contributed by atoms with Gasteiger partial charge in [0.2, 0.25) is 0 Å². The van der Waals surface area contributed by atoms with E-state index in [1.807, 2.05) is 0 Å². The molecule has 0 aliphatic heterocycles. The van der Waals surface area contributed by atoms with Crippen molar-refractivity contribution in [1.29, 1.82) is 0 Å². The molecule has 3 aromatic rings. The van der Waals surface area contributed by atoms with Crippen molar-refractivity contribution in [2.45, 2.75) is 43.9 Å². The lowest BCUT2D eigenvalue weighted by atomic mass is 10.0. The first kappa shape index (κ1) is 30.4. The molecule has 0 saturated heterocycles. The van der Waals surface area contributed by atoms with Gasteiger partial charge in [-0.15, -0.1) is 0 Å². The number of nitrogens with one attached hydrogen (secondary N) is 2. The van der Waals surface area contributed by atoms with Crippen LogP contribution in [0.25, 0.3) is 0 Å². The molecular formula is C24H22F6N5O5S-. The van der Waals surface area contributed by atoms with Crippen molar-refractivity contribution in [1.82, 2.24) is 19.3 Å². The standard InChI is InChI=1S/C24H23F6N5O5S/c25-23(26,27)16-3-13(4-17(6-16)24(28,29)30)10-35-2-1-14(11-35)21(37)19-9-31-12-32-22(19)34-18-5-15(20(36)7-18)8-33-41(38,39)40/h1-4,6,9,11-12,15,18,20,33,36H,5,7-8,10H2,(H,31,32,34)(H,38,39,40)/p-1/t15-,18-,20+/m1/s1. The second kappa shape index (κ2) is 11.4. The number of alkyl halides is 6. The highest BCUT2D eigenvalue weighted by molar-refractivity contribution is 7.83. The van der Waals surface area contributed by atoms with Gasteiger partial charge in [0.25, 0.3) is 0 Å². The maximum absolute atomic E-state index is 13.2. The Kier molecular flexibility index (Phi) is 8.45. The van der Waals surface area contributed by atoms with Crippen molar-refractivity contribution in [2.75, 3.05) is 11.9 Å². The van der Waals surface area contributed by atoms with Gasteiger partial charge in [0.15, 0.2) is 16.1 Å². The second-order valence-electron chi connectivity index (χ2n) is 9.54. The molecule has 2 aromatic heterocycles. The number of ketones is 1. The lowest BCUT2D eigenvalue weighted by Crippen LogP contribution is -2.32. The zero-order chi connectivity index (χ0) is 30.2. The minimum Gasteiger partial charge on any atom is -0.735 e. The summed E-state index contributed by atoms with van der Waals surface area (Å²) in [4.78, 5) is 21.1. The van der Waals surface area contributed by atoms with Crippen LogP contribution in [0.1, 0.15) is 45.5 Å². The molecule has 1 aliphatic carbocycles. The molecule has 41 heavy (non-hydrogen) atoms. The third-order valence-electron chi connectivity index (χ3n) is 6.50. The van der Waals surface area contributed by atoms with Crippen LogP contribution in [0.15, 0.2) is 49.2 Å². The van der Waals surface area contributed by atoms with Gasteiger partial charge in [-0.1, -0.05) is 0 Å². The smallest absolute Gasteiger partial charge is 0.416 e. The molecule has 3 N–H and O–H groups in total. The fourth-order valence-corrected chi connectivity index (χ4v) is 5.02. The van der Waals surface area contributed by atoms with E-state index in [9.17, 15) is 49.2 Å². The van der Waals surface area contributed by atoms with E-state index in [-0.39, 0.29) is 54.5 Å². The summed E-state index contributed by atoms with van der Waals surface area (Å²) < 4.78 is 115. The molecule has 17 heteroatoms. The molecule has 0 unspecified atom stereocenters. The Bertz CT molecular complexity index is 1490. The van der Waals surface area contributed by atoms with Crippen LogP contribution in [-0.4, -0.2) is 57.1 Å². The first-order valence-electron chi connectivity index (χ1n) is 11.9. The van der Waals surface area contributed by atoms with Gasteiger partial charge < -0.3 is 19.5 Å². The van der Waals surface area contributed by atoms with Crippen molar-refractivity contribution in [3.8, 4) is 0 Å². The van der Waals surface area contributed by atoms with Crippen LogP contribution in [0.3, 0.4) is 0 Å². The van der Waals surface area contributed by atoms with E-state index in [2.05, 4.69) is 15.3 Å². The average molecular weight is 607 g/mol. The van der Waals surface area contributed by atoms with E-state index in [1.54, 1.807) is 4.72 Å². The molecule has 2 heterocycles. The Morgan fingerprint density at radius 1 is 1.10 bits per heavy atom. The van der Waals surface area contributed by atoms with Gasteiger partial charge in [-0.25, -0.2) is 23.1 Å². The Morgan fingerprint density at radius 3 is 2.37 bits per heavy atom. The van der Waals surface area contributed by atoms with Crippen LogP contribution < -0.4 is 10.0 Å². The van der Waals surface area contributed by atoms with Crippen molar-refractivity contribution >= 4 is 21.9 Å². The lowest BCUT2D eigenvalue weighted by Gasteiger charge is -2.17. The number of aliphatic hydroxyl groups excluding tert-OH is 1. The minimum absolute atomic E-state index is 0.00174. The fraction of sp³-hybridized carbons (Fsp3) is 0.375. The first-order chi connectivity index (χ1) is 19.0. The molecule has 1 saturated carbocycles. The van der Waals surface area contributed by atoms with Gasteiger partial charge in [-0.2, -0.15) is 26.3 Å². The van der Waals surface area contributed by atoms with Crippen molar-refractivity contribution in [3.63, 3.8) is 0 Å². The van der Waals surface area contributed by atoms with Gasteiger partial charge in [0.05, 0.1) is 22.8 Å². The van der Waals surface area contributed by atoms with E-state index in [0.29, 0.717) is 12.1 Å². The van der Waals surface area contributed by atoms with Gasteiger partial charge >= 0.3 is 12.4 Å². The number of nitrogens with zero attached hydrogens (tertiary/aromatic N) is 3. The van der Waals surface area contributed by atoms with E-state index in [0.717, 1.165) is 6.33 Å². The zero-order valence-corrected chi connectivity index (χ0v) is 21.6. The summed E-state index contributed by atoms with van der Waals surface area (Å²) >= 11 is 0. The van der Waals surface area contributed by atoms with Gasteiger partial charge in [0.1, 0.15) is 12.1 Å². The monoisotopic (exact) mass is 606 g/mol.